The van der Waals surface area contributed by atoms with E-state index in [0.29, 0.717) is 11.6 Å². The molecule has 0 amide bonds. The highest BCUT2D eigenvalue weighted by atomic mass is 16.5. The summed E-state index contributed by atoms with van der Waals surface area (Å²) in [5, 5.41) is 4.23. The van der Waals surface area contributed by atoms with E-state index in [1.807, 2.05) is 13.8 Å². The van der Waals surface area contributed by atoms with E-state index in [0.717, 1.165) is 30.6 Å². The van der Waals surface area contributed by atoms with Gasteiger partial charge in [-0.15, -0.1) is 0 Å². The molecule has 1 aliphatic heterocycles. The van der Waals surface area contributed by atoms with Crippen molar-refractivity contribution in [1.29, 1.82) is 0 Å². The predicted molar refractivity (Wildman–Crippen MR) is 115 cm³/mol. The number of rotatable bonds is 5. The highest BCUT2D eigenvalue weighted by molar-refractivity contribution is 5.75. The van der Waals surface area contributed by atoms with E-state index < -0.39 is 0 Å². The molecule has 1 aliphatic rings. The topological polar surface area (TPSA) is 69.0 Å². The summed E-state index contributed by atoms with van der Waals surface area (Å²) in [6.45, 7) is 9.92. The van der Waals surface area contributed by atoms with Crippen molar-refractivity contribution in [2.24, 2.45) is 0 Å². The van der Waals surface area contributed by atoms with Crippen LogP contribution in [0.3, 0.4) is 0 Å². The zero-order chi connectivity index (χ0) is 20.6. The Morgan fingerprint density at radius 2 is 1.90 bits per heavy atom. The number of ether oxygens (including phenoxy) is 1. The molecular weight excluding hydrogens is 364 g/mol. The summed E-state index contributed by atoms with van der Waals surface area (Å²) in [5.41, 5.74) is 3.19. The van der Waals surface area contributed by atoms with Crippen LogP contribution >= 0.6 is 0 Å². The molecule has 6 nitrogen and oxygen atoms in total. The summed E-state index contributed by atoms with van der Waals surface area (Å²) in [5.74, 6) is 0.519. The molecule has 1 saturated heterocycles. The van der Waals surface area contributed by atoms with Gasteiger partial charge in [0.1, 0.15) is 5.65 Å². The van der Waals surface area contributed by atoms with Crippen molar-refractivity contribution in [2.75, 3.05) is 18.5 Å². The maximum absolute atomic E-state index is 12.3. The van der Waals surface area contributed by atoms with Crippen LogP contribution in [-0.2, 0) is 10.2 Å². The van der Waals surface area contributed by atoms with Gasteiger partial charge in [0.2, 0.25) is 5.95 Å². The molecule has 1 N–H and O–H groups in total. The molecule has 152 valence electrons. The first-order chi connectivity index (χ1) is 13.9. The summed E-state index contributed by atoms with van der Waals surface area (Å²) in [6.07, 6.45) is 2.82. The smallest absolute Gasteiger partial charge is 0.252 e. The highest BCUT2D eigenvalue weighted by Gasteiger charge is 2.31. The maximum Gasteiger partial charge on any atom is 0.252 e. The highest BCUT2D eigenvalue weighted by Crippen LogP contribution is 2.33. The molecule has 3 aromatic rings. The first kappa shape index (κ1) is 19.6. The molecule has 2 aromatic heterocycles. The maximum atomic E-state index is 12.3. The lowest BCUT2D eigenvalue weighted by molar-refractivity contribution is 0.181. The molecule has 0 spiro atoms. The number of pyridine rings is 1. The van der Waals surface area contributed by atoms with Crippen molar-refractivity contribution in [3.05, 3.63) is 64.1 Å². The van der Waals surface area contributed by atoms with E-state index in [1.54, 1.807) is 22.9 Å². The van der Waals surface area contributed by atoms with E-state index >= 15 is 0 Å². The lowest BCUT2D eigenvalue weighted by Gasteiger charge is -2.23. The quantitative estimate of drug-likeness (QED) is 0.704. The molecule has 0 radical (unpaired) electrons. The number of nitrogens with one attached hydrogen (secondary N) is 1. The van der Waals surface area contributed by atoms with Gasteiger partial charge in [0, 0.05) is 35.7 Å². The van der Waals surface area contributed by atoms with E-state index in [2.05, 4.69) is 53.4 Å². The standard InChI is InChI=1S/C23H28N4O2/c1-15(2)27-20(28)10-7-18-13-24-22(26-21(18)27)25-16(3)17-5-8-19(9-6-17)23(4)11-12-29-14-23/h5-10,13,15-16H,11-12,14H2,1-4H3,(H,24,25,26)/t16-,23?/m0/s1. The number of hydrogen-bond acceptors (Lipinski definition) is 5. The monoisotopic (exact) mass is 392 g/mol. The lowest BCUT2D eigenvalue weighted by atomic mass is 9.81. The van der Waals surface area contributed by atoms with Gasteiger partial charge in [-0.3, -0.25) is 9.36 Å². The van der Waals surface area contributed by atoms with Crippen molar-refractivity contribution in [1.82, 2.24) is 14.5 Å². The SMILES string of the molecule is CC(C)n1c(=O)ccc2cnc(N[C@@H](C)c3ccc(C4(C)CCOC4)cc3)nc21. The van der Waals surface area contributed by atoms with Crippen LogP contribution in [0.5, 0.6) is 0 Å². The molecule has 6 heteroatoms. The molecule has 1 fully saturated rings. The van der Waals surface area contributed by atoms with Gasteiger partial charge in [0.25, 0.3) is 5.56 Å². The Balaban J connectivity index is 1.58. The number of aromatic nitrogens is 3. The third kappa shape index (κ3) is 3.77. The van der Waals surface area contributed by atoms with E-state index in [1.165, 1.54) is 5.56 Å². The molecule has 1 unspecified atom stereocenters. The fraction of sp³-hybridized carbons (Fsp3) is 0.435. The zero-order valence-electron chi connectivity index (χ0n) is 17.5. The van der Waals surface area contributed by atoms with Crippen LogP contribution in [0.25, 0.3) is 11.0 Å². The van der Waals surface area contributed by atoms with Crippen molar-refractivity contribution < 1.29 is 4.74 Å². The Morgan fingerprint density at radius 3 is 2.55 bits per heavy atom. The van der Waals surface area contributed by atoms with Gasteiger partial charge in [0.15, 0.2) is 0 Å². The molecular formula is C23H28N4O2. The van der Waals surface area contributed by atoms with Crippen LogP contribution in [0, 0.1) is 0 Å². The third-order valence-corrected chi connectivity index (χ3v) is 5.86. The van der Waals surface area contributed by atoms with Gasteiger partial charge in [-0.2, -0.15) is 4.98 Å². The van der Waals surface area contributed by atoms with Crippen LogP contribution in [0.15, 0.2) is 47.4 Å². The fourth-order valence-corrected chi connectivity index (χ4v) is 3.95. The van der Waals surface area contributed by atoms with E-state index in [-0.39, 0.29) is 23.1 Å². The van der Waals surface area contributed by atoms with Gasteiger partial charge >= 0.3 is 0 Å². The lowest BCUT2D eigenvalue weighted by Crippen LogP contribution is -2.22. The van der Waals surface area contributed by atoms with Gasteiger partial charge < -0.3 is 10.1 Å². The molecule has 0 saturated carbocycles. The summed E-state index contributed by atoms with van der Waals surface area (Å²) in [4.78, 5) is 21.3. The normalized spacial score (nSPS) is 20.3. The van der Waals surface area contributed by atoms with E-state index in [4.69, 9.17) is 4.74 Å². The van der Waals surface area contributed by atoms with Crippen molar-refractivity contribution >= 4 is 17.0 Å². The Hall–Kier alpha value is -2.73. The second kappa shape index (κ2) is 7.59. The Kier molecular flexibility index (Phi) is 5.13. The zero-order valence-corrected chi connectivity index (χ0v) is 17.5. The first-order valence-electron chi connectivity index (χ1n) is 10.2. The average Bonchev–Trinajstić information content (AvgIpc) is 3.15. The summed E-state index contributed by atoms with van der Waals surface area (Å²) < 4.78 is 7.29. The number of benzene rings is 1. The summed E-state index contributed by atoms with van der Waals surface area (Å²) in [6, 6.07) is 12.1. The van der Waals surface area contributed by atoms with Crippen molar-refractivity contribution in [2.45, 2.75) is 51.6 Å². The van der Waals surface area contributed by atoms with Crippen LogP contribution < -0.4 is 10.9 Å². The number of fused-ring (bicyclic) bond motifs is 1. The Labute approximate surface area is 171 Å². The Morgan fingerprint density at radius 1 is 1.14 bits per heavy atom. The van der Waals surface area contributed by atoms with Crippen molar-refractivity contribution in [3.63, 3.8) is 0 Å². The number of anilines is 1. The molecule has 4 rings (SSSR count). The van der Waals surface area contributed by atoms with Gasteiger partial charge in [-0.25, -0.2) is 4.98 Å². The van der Waals surface area contributed by atoms with Crippen molar-refractivity contribution in [3.8, 4) is 0 Å². The molecule has 0 bridgehead atoms. The molecule has 1 aromatic carbocycles. The van der Waals surface area contributed by atoms with Gasteiger partial charge in [0.05, 0.1) is 12.6 Å². The number of hydrogen-bond donors (Lipinski definition) is 1. The minimum absolute atomic E-state index is 0.0276. The van der Waals surface area contributed by atoms with Crippen LogP contribution in [0.4, 0.5) is 5.95 Å². The van der Waals surface area contributed by atoms with Crippen LogP contribution in [-0.4, -0.2) is 27.7 Å². The van der Waals surface area contributed by atoms with Crippen LogP contribution in [0.1, 0.15) is 57.3 Å². The fourth-order valence-electron chi connectivity index (χ4n) is 3.95. The minimum Gasteiger partial charge on any atom is -0.381 e. The minimum atomic E-state index is -0.0508. The molecule has 2 atom stereocenters. The first-order valence-corrected chi connectivity index (χ1v) is 10.2. The second-order valence-electron chi connectivity index (χ2n) is 8.46. The molecule has 29 heavy (non-hydrogen) atoms. The predicted octanol–water partition coefficient (Wildman–Crippen LogP) is 4.22. The third-order valence-electron chi connectivity index (χ3n) is 5.86. The van der Waals surface area contributed by atoms with Gasteiger partial charge in [-0.05, 0) is 44.4 Å². The van der Waals surface area contributed by atoms with E-state index in [9.17, 15) is 4.79 Å². The summed E-state index contributed by atoms with van der Waals surface area (Å²) >= 11 is 0. The Bertz CT molecular complexity index is 1070. The average molecular weight is 393 g/mol. The second-order valence-corrected chi connectivity index (χ2v) is 8.46. The van der Waals surface area contributed by atoms with Crippen LogP contribution in [0.2, 0.25) is 0 Å². The van der Waals surface area contributed by atoms with Gasteiger partial charge in [-0.1, -0.05) is 31.2 Å². The largest absolute Gasteiger partial charge is 0.381 e. The number of nitrogens with zero attached hydrogens (tertiary/aromatic N) is 3. The molecule has 3 heterocycles. The summed E-state index contributed by atoms with van der Waals surface area (Å²) in [7, 11) is 0. The molecule has 0 aliphatic carbocycles.